The summed E-state index contributed by atoms with van der Waals surface area (Å²) >= 11 is 5.02. The third-order valence-electron chi connectivity index (χ3n) is 2.98. The van der Waals surface area contributed by atoms with Gasteiger partial charge < -0.3 is 15.2 Å². The predicted octanol–water partition coefficient (Wildman–Crippen LogP) is 2.77. The van der Waals surface area contributed by atoms with Crippen molar-refractivity contribution >= 4 is 34.9 Å². The Labute approximate surface area is 147 Å². The van der Waals surface area contributed by atoms with Gasteiger partial charge in [0.25, 0.3) is 0 Å². The highest BCUT2D eigenvalue weighted by molar-refractivity contribution is 7.80. The van der Waals surface area contributed by atoms with E-state index >= 15 is 0 Å². The summed E-state index contributed by atoms with van der Waals surface area (Å²) in [6.45, 7) is 0. The van der Waals surface area contributed by atoms with E-state index in [1.54, 1.807) is 0 Å². The molecular formula is C15H13FN4O4S. The summed E-state index contributed by atoms with van der Waals surface area (Å²) in [6.07, 6.45) is 1.27. The molecule has 25 heavy (non-hydrogen) atoms. The first kappa shape index (κ1) is 18.1. The molecule has 0 aromatic heterocycles. The molecule has 0 aliphatic rings. The zero-order valence-electron chi connectivity index (χ0n) is 12.9. The number of aromatic hydroxyl groups is 1. The molecule has 0 bridgehead atoms. The minimum Gasteiger partial charge on any atom is -0.500 e. The molecule has 0 aliphatic carbocycles. The molecule has 8 nitrogen and oxygen atoms in total. The number of nitro benzene ring substituents is 1. The Balaban J connectivity index is 2.06. The molecule has 0 amide bonds. The normalized spacial score (nSPS) is 10.5. The number of nitrogens with one attached hydrogen (secondary N) is 2. The van der Waals surface area contributed by atoms with Crippen molar-refractivity contribution in [2.75, 3.05) is 12.4 Å². The van der Waals surface area contributed by atoms with Crippen LogP contribution in [0.15, 0.2) is 41.5 Å². The van der Waals surface area contributed by atoms with Gasteiger partial charge in [-0.15, -0.1) is 0 Å². The Morgan fingerprint density at radius 2 is 2.08 bits per heavy atom. The quantitative estimate of drug-likeness (QED) is 0.324. The van der Waals surface area contributed by atoms with Crippen LogP contribution >= 0.6 is 12.2 Å². The lowest BCUT2D eigenvalue weighted by molar-refractivity contribution is -0.386. The highest BCUT2D eigenvalue weighted by atomic mass is 32.1. The Morgan fingerprint density at radius 1 is 1.40 bits per heavy atom. The minimum atomic E-state index is -0.733. The maximum Gasteiger partial charge on any atom is 0.315 e. The number of phenols is 1. The molecule has 10 heteroatoms. The average Bonchev–Trinajstić information content (AvgIpc) is 2.58. The number of anilines is 1. The van der Waals surface area contributed by atoms with Crippen molar-refractivity contribution in [2.45, 2.75) is 0 Å². The van der Waals surface area contributed by atoms with Crippen molar-refractivity contribution in [2.24, 2.45) is 5.10 Å². The largest absolute Gasteiger partial charge is 0.500 e. The Kier molecular flexibility index (Phi) is 5.79. The van der Waals surface area contributed by atoms with Gasteiger partial charge in [-0.1, -0.05) is 0 Å². The van der Waals surface area contributed by atoms with E-state index in [0.717, 1.165) is 6.07 Å². The highest BCUT2D eigenvalue weighted by Crippen LogP contribution is 2.36. The first-order valence-corrected chi connectivity index (χ1v) is 7.22. The molecule has 0 aliphatic heterocycles. The van der Waals surface area contributed by atoms with Crippen molar-refractivity contribution in [3.8, 4) is 11.5 Å². The van der Waals surface area contributed by atoms with Crippen LogP contribution in [0.5, 0.6) is 11.5 Å². The number of hydrogen-bond donors (Lipinski definition) is 3. The summed E-state index contributed by atoms with van der Waals surface area (Å²) in [5.74, 6) is -0.987. The fraction of sp³-hybridized carbons (Fsp3) is 0.0667. The summed E-state index contributed by atoms with van der Waals surface area (Å²) < 4.78 is 17.7. The van der Waals surface area contributed by atoms with Crippen molar-refractivity contribution in [1.29, 1.82) is 0 Å². The van der Waals surface area contributed by atoms with Gasteiger partial charge in [0.15, 0.2) is 10.9 Å². The molecule has 2 rings (SSSR count). The van der Waals surface area contributed by atoms with Gasteiger partial charge in [0.1, 0.15) is 5.82 Å². The Morgan fingerprint density at radius 3 is 2.68 bits per heavy atom. The fourth-order valence-corrected chi connectivity index (χ4v) is 2.01. The molecule has 2 aromatic carbocycles. The van der Waals surface area contributed by atoms with Gasteiger partial charge in [-0.25, -0.2) is 4.39 Å². The number of halogens is 1. The average molecular weight is 364 g/mol. The SMILES string of the molecule is COc1cc(/C=N\NC(=S)Nc2ccc(F)cc2)cc([N+](=O)[O-])c1O. The third kappa shape index (κ3) is 4.85. The van der Waals surface area contributed by atoms with E-state index in [4.69, 9.17) is 17.0 Å². The van der Waals surface area contributed by atoms with Crippen molar-refractivity contribution < 1.29 is 19.2 Å². The van der Waals surface area contributed by atoms with Crippen LogP contribution in [0.4, 0.5) is 15.8 Å². The number of ether oxygens (including phenoxy) is 1. The monoisotopic (exact) mass is 364 g/mol. The van der Waals surface area contributed by atoms with Crippen LogP contribution in [0.25, 0.3) is 0 Å². The van der Waals surface area contributed by atoms with Crippen molar-refractivity contribution in [3.05, 3.63) is 57.9 Å². The van der Waals surface area contributed by atoms with Gasteiger partial charge in [0, 0.05) is 17.3 Å². The second-order valence-corrected chi connectivity index (χ2v) is 5.09. The fourth-order valence-electron chi connectivity index (χ4n) is 1.84. The van der Waals surface area contributed by atoms with Gasteiger partial charge in [0.05, 0.1) is 18.2 Å². The van der Waals surface area contributed by atoms with Gasteiger partial charge in [-0.05, 0) is 42.5 Å². The molecule has 0 fully saturated rings. The zero-order chi connectivity index (χ0) is 18.4. The first-order valence-electron chi connectivity index (χ1n) is 6.81. The minimum absolute atomic E-state index is 0.0531. The van der Waals surface area contributed by atoms with Gasteiger partial charge in [0.2, 0.25) is 5.75 Å². The van der Waals surface area contributed by atoms with E-state index in [0.29, 0.717) is 11.3 Å². The van der Waals surface area contributed by atoms with Crippen LogP contribution in [0.1, 0.15) is 5.56 Å². The molecule has 0 radical (unpaired) electrons. The number of benzene rings is 2. The van der Waals surface area contributed by atoms with Crippen LogP contribution in [-0.2, 0) is 0 Å². The zero-order valence-corrected chi connectivity index (χ0v) is 13.7. The first-order chi connectivity index (χ1) is 11.9. The summed E-state index contributed by atoms with van der Waals surface area (Å²) in [7, 11) is 1.28. The summed E-state index contributed by atoms with van der Waals surface area (Å²) in [6, 6.07) is 8.07. The van der Waals surface area contributed by atoms with Gasteiger partial charge in [-0.3, -0.25) is 15.5 Å². The van der Waals surface area contributed by atoms with E-state index in [1.165, 1.54) is 43.7 Å². The maximum atomic E-state index is 12.8. The number of hydrazone groups is 1. The lowest BCUT2D eigenvalue weighted by Crippen LogP contribution is -2.23. The lowest BCUT2D eigenvalue weighted by Gasteiger charge is -2.07. The lowest BCUT2D eigenvalue weighted by atomic mass is 10.2. The molecule has 0 heterocycles. The Bertz CT molecular complexity index is 827. The molecule has 2 aromatic rings. The summed E-state index contributed by atoms with van der Waals surface area (Å²) in [5.41, 5.74) is 2.89. The number of methoxy groups -OCH3 is 1. The molecule has 0 saturated carbocycles. The predicted molar refractivity (Wildman–Crippen MR) is 94.7 cm³/mol. The van der Waals surface area contributed by atoms with Crippen LogP contribution in [0.3, 0.4) is 0 Å². The van der Waals surface area contributed by atoms with Crippen molar-refractivity contribution in [3.63, 3.8) is 0 Å². The standard InChI is InChI=1S/C15H13FN4O4S/c1-24-13-7-9(6-12(14(13)21)20(22)23)8-17-19-15(25)18-11-4-2-10(16)3-5-11/h2-8,21H,1H3,(H2,18,19,25)/b17-8-. The van der Waals surface area contributed by atoms with Gasteiger partial charge in [-0.2, -0.15) is 5.10 Å². The number of nitro groups is 1. The van der Waals surface area contributed by atoms with Crippen molar-refractivity contribution in [1.82, 2.24) is 5.43 Å². The van der Waals surface area contributed by atoms with E-state index in [-0.39, 0.29) is 16.7 Å². The summed E-state index contributed by atoms with van der Waals surface area (Å²) in [5, 5.41) is 27.4. The third-order valence-corrected chi connectivity index (χ3v) is 3.17. The number of thiocarbonyl (C=S) groups is 1. The van der Waals surface area contributed by atoms with E-state index in [2.05, 4.69) is 15.8 Å². The molecule has 0 saturated heterocycles. The molecule has 0 unspecified atom stereocenters. The number of rotatable bonds is 5. The molecular weight excluding hydrogens is 351 g/mol. The maximum absolute atomic E-state index is 12.8. The van der Waals surface area contributed by atoms with E-state index in [9.17, 15) is 19.6 Å². The van der Waals surface area contributed by atoms with Gasteiger partial charge >= 0.3 is 5.69 Å². The number of nitrogens with zero attached hydrogens (tertiary/aromatic N) is 2. The van der Waals surface area contributed by atoms with Crippen LogP contribution in [0.2, 0.25) is 0 Å². The molecule has 0 spiro atoms. The van der Waals surface area contributed by atoms with E-state index < -0.39 is 16.4 Å². The molecule has 0 atom stereocenters. The second-order valence-electron chi connectivity index (χ2n) is 4.68. The number of phenolic OH excluding ortho intramolecular Hbond substituents is 1. The van der Waals surface area contributed by atoms with Crippen LogP contribution in [0, 0.1) is 15.9 Å². The smallest absolute Gasteiger partial charge is 0.315 e. The van der Waals surface area contributed by atoms with Crippen LogP contribution in [-0.4, -0.2) is 28.5 Å². The number of hydrogen-bond acceptors (Lipinski definition) is 6. The topological polar surface area (TPSA) is 109 Å². The molecule has 3 N–H and O–H groups in total. The Hall–Kier alpha value is -3.27. The second kappa shape index (κ2) is 8.02. The summed E-state index contributed by atoms with van der Waals surface area (Å²) in [4.78, 5) is 10.2. The van der Waals surface area contributed by atoms with Crippen LogP contribution < -0.4 is 15.5 Å². The van der Waals surface area contributed by atoms with E-state index in [1.807, 2.05) is 0 Å². The molecule has 130 valence electrons. The highest BCUT2D eigenvalue weighted by Gasteiger charge is 2.19.